The number of carbonyl (C=O) groups excluding carboxylic acids is 2. The minimum absolute atomic E-state index is 0.00856. The second-order valence-corrected chi connectivity index (χ2v) is 7.79. The van der Waals surface area contributed by atoms with Crippen LogP contribution in [0.1, 0.15) is 28.5 Å². The van der Waals surface area contributed by atoms with Gasteiger partial charge in [-0.1, -0.05) is 12.1 Å². The van der Waals surface area contributed by atoms with Crippen LogP contribution in [0.3, 0.4) is 0 Å². The fourth-order valence-corrected chi connectivity index (χ4v) is 4.08. The quantitative estimate of drug-likeness (QED) is 0.331. The van der Waals surface area contributed by atoms with E-state index in [-0.39, 0.29) is 17.9 Å². The molecule has 0 spiro atoms. The van der Waals surface area contributed by atoms with Gasteiger partial charge in [0.05, 0.1) is 26.1 Å². The number of hydrogen-bond donors (Lipinski definition) is 1. The summed E-state index contributed by atoms with van der Waals surface area (Å²) >= 11 is 0. The van der Waals surface area contributed by atoms with Crippen molar-refractivity contribution < 1.29 is 28.6 Å². The van der Waals surface area contributed by atoms with Gasteiger partial charge in [-0.2, -0.15) is 0 Å². The highest BCUT2D eigenvalue weighted by Gasteiger charge is 2.47. The number of hydrogen-bond acceptors (Lipinski definition) is 6. The second-order valence-electron chi connectivity index (χ2n) is 7.79. The first-order valence-electron chi connectivity index (χ1n) is 10.5. The first kappa shape index (κ1) is 22.2. The summed E-state index contributed by atoms with van der Waals surface area (Å²) in [7, 11) is 3.16. The Hall–Kier alpha value is -4.00. The van der Waals surface area contributed by atoms with Gasteiger partial charge in [0.25, 0.3) is 11.7 Å². The molecule has 1 amide bonds. The van der Waals surface area contributed by atoms with Crippen LogP contribution in [0.15, 0.2) is 70.9 Å². The SMILES string of the molecule is COc1ccc(CCN2C(=O)C(=O)/C(=C(\O)c3ccc(OC)c(C)c3)C2c2ccco2)cc1. The summed E-state index contributed by atoms with van der Waals surface area (Å²) in [5, 5.41) is 11.1. The molecule has 1 fully saturated rings. The maximum Gasteiger partial charge on any atom is 0.295 e. The molecule has 1 unspecified atom stereocenters. The number of furan rings is 1. The zero-order valence-corrected chi connectivity index (χ0v) is 18.7. The number of carbonyl (C=O) groups is 2. The molecule has 7 heteroatoms. The van der Waals surface area contributed by atoms with Gasteiger partial charge in [-0.15, -0.1) is 0 Å². The molecule has 0 radical (unpaired) electrons. The van der Waals surface area contributed by atoms with Crippen LogP contribution >= 0.6 is 0 Å². The standard InChI is InChI=1S/C26H25NO6/c1-16-15-18(8-11-20(16)32-3)24(28)22-23(21-5-4-14-33-21)27(26(30)25(22)29)13-12-17-6-9-19(31-2)10-7-17/h4-11,14-15,23,28H,12-13H2,1-3H3/b24-22-. The van der Waals surface area contributed by atoms with Crippen molar-refractivity contribution in [1.29, 1.82) is 0 Å². The van der Waals surface area contributed by atoms with Gasteiger partial charge in [-0.05, 0) is 66.9 Å². The van der Waals surface area contributed by atoms with Gasteiger partial charge < -0.3 is 23.9 Å². The molecule has 1 saturated heterocycles. The summed E-state index contributed by atoms with van der Waals surface area (Å²) < 4.78 is 16.0. The molecule has 7 nitrogen and oxygen atoms in total. The van der Waals surface area contributed by atoms with Gasteiger partial charge in [0, 0.05) is 12.1 Å². The molecule has 2 aromatic carbocycles. The highest BCUT2D eigenvalue weighted by molar-refractivity contribution is 6.46. The van der Waals surface area contributed by atoms with Gasteiger partial charge in [0.15, 0.2) is 0 Å². The monoisotopic (exact) mass is 447 g/mol. The topological polar surface area (TPSA) is 89.2 Å². The highest BCUT2D eigenvalue weighted by Crippen LogP contribution is 2.40. The van der Waals surface area contributed by atoms with E-state index in [4.69, 9.17) is 13.9 Å². The average molecular weight is 447 g/mol. The van der Waals surface area contributed by atoms with Gasteiger partial charge in [-0.25, -0.2) is 0 Å². The molecular formula is C26H25NO6. The zero-order valence-electron chi connectivity index (χ0n) is 18.7. The summed E-state index contributed by atoms with van der Waals surface area (Å²) in [4.78, 5) is 27.5. The van der Waals surface area contributed by atoms with E-state index in [1.54, 1.807) is 44.6 Å². The lowest BCUT2D eigenvalue weighted by Gasteiger charge is -2.23. The highest BCUT2D eigenvalue weighted by atomic mass is 16.5. The van der Waals surface area contributed by atoms with Crippen molar-refractivity contribution in [3.8, 4) is 11.5 Å². The molecule has 3 aromatic rings. The number of methoxy groups -OCH3 is 2. The van der Waals surface area contributed by atoms with Crippen LogP contribution in [0, 0.1) is 6.92 Å². The number of benzene rings is 2. The van der Waals surface area contributed by atoms with Crippen molar-refractivity contribution in [3.63, 3.8) is 0 Å². The number of ketones is 1. The van der Waals surface area contributed by atoms with Gasteiger partial charge >= 0.3 is 0 Å². The van der Waals surface area contributed by atoms with Crippen molar-refractivity contribution in [2.24, 2.45) is 0 Å². The summed E-state index contributed by atoms with van der Waals surface area (Å²) in [5.41, 5.74) is 2.22. The number of likely N-dealkylation sites (tertiary alicyclic amines) is 1. The Balaban J connectivity index is 1.71. The Morgan fingerprint density at radius 2 is 1.82 bits per heavy atom. The smallest absolute Gasteiger partial charge is 0.295 e. The molecule has 0 aliphatic carbocycles. The molecule has 1 N–H and O–H groups in total. The Labute approximate surface area is 191 Å². The maximum absolute atomic E-state index is 13.0. The van der Waals surface area contributed by atoms with Crippen molar-refractivity contribution in [1.82, 2.24) is 4.90 Å². The van der Waals surface area contributed by atoms with E-state index in [9.17, 15) is 14.7 Å². The summed E-state index contributed by atoms with van der Waals surface area (Å²) in [6.45, 7) is 2.12. The molecule has 1 aromatic heterocycles. The number of aliphatic hydroxyl groups is 1. The lowest BCUT2D eigenvalue weighted by atomic mass is 9.98. The third kappa shape index (κ3) is 4.22. The molecular weight excluding hydrogens is 422 g/mol. The molecule has 1 aliphatic rings. The Kier molecular flexibility index (Phi) is 6.22. The lowest BCUT2D eigenvalue weighted by molar-refractivity contribution is -0.140. The fraction of sp³-hybridized carbons (Fsp3) is 0.231. The maximum atomic E-state index is 13.0. The second kappa shape index (κ2) is 9.24. The predicted molar refractivity (Wildman–Crippen MR) is 122 cm³/mol. The van der Waals surface area contributed by atoms with E-state index in [1.807, 2.05) is 31.2 Å². The largest absolute Gasteiger partial charge is 0.507 e. The van der Waals surface area contributed by atoms with Crippen molar-refractivity contribution in [2.45, 2.75) is 19.4 Å². The average Bonchev–Trinajstić information content (AvgIpc) is 3.44. The lowest BCUT2D eigenvalue weighted by Crippen LogP contribution is -2.31. The van der Waals surface area contributed by atoms with Gasteiger partial charge in [0.2, 0.25) is 0 Å². The number of amides is 1. The molecule has 1 atom stereocenters. The Morgan fingerprint density at radius 1 is 1.06 bits per heavy atom. The summed E-state index contributed by atoms with van der Waals surface area (Å²) in [6, 6.07) is 15.2. The summed E-state index contributed by atoms with van der Waals surface area (Å²) in [5.74, 6) is 0.163. The molecule has 4 rings (SSSR count). The van der Waals surface area contributed by atoms with Crippen molar-refractivity contribution >= 4 is 17.4 Å². The van der Waals surface area contributed by atoms with Crippen LogP contribution in [0.2, 0.25) is 0 Å². The normalized spacial score (nSPS) is 17.4. The Bertz CT molecular complexity index is 1190. The number of rotatable bonds is 7. The molecule has 33 heavy (non-hydrogen) atoms. The van der Waals surface area contributed by atoms with Crippen LogP contribution in [0.25, 0.3) is 5.76 Å². The molecule has 2 heterocycles. The fourth-order valence-electron chi connectivity index (χ4n) is 4.08. The third-order valence-corrected chi connectivity index (χ3v) is 5.82. The molecule has 170 valence electrons. The van der Waals surface area contributed by atoms with E-state index < -0.39 is 17.7 Å². The van der Waals surface area contributed by atoms with E-state index in [0.29, 0.717) is 23.5 Å². The van der Waals surface area contributed by atoms with Crippen LogP contribution in [-0.4, -0.2) is 42.5 Å². The number of Topliss-reactive ketones (excluding diaryl/α,β-unsaturated/α-hetero) is 1. The van der Waals surface area contributed by atoms with E-state index in [2.05, 4.69) is 0 Å². The van der Waals surface area contributed by atoms with Gasteiger partial charge in [-0.3, -0.25) is 9.59 Å². The molecule has 1 aliphatic heterocycles. The van der Waals surface area contributed by atoms with Crippen molar-refractivity contribution in [3.05, 3.63) is 88.9 Å². The first-order valence-corrected chi connectivity index (χ1v) is 10.5. The van der Waals surface area contributed by atoms with Crippen LogP contribution < -0.4 is 9.47 Å². The molecule has 0 saturated carbocycles. The van der Waals surface area contributed by atoms with E-state index in [0.717, 1.165) is 16.9 Å². The number of nitrogens with zero attached hydrogens (tertiary/aromatic N) is 1. The first-order chi connectivity index (χ1) is 15.9. The number of ether oxygens (including phenoxy) is 2. The Morgan fingerprint density at radius 3 is 2.42 bits per heavy atom. The van der Waals surface area contributed by atoms with E-state index >= 15 is 0 Å². The number of aliphatic hydroxyl groups excluding tert-OH is 1. The van der Waals surface area contributed by atoms with Gasteiger partial charge in [0.1, 0.15) is 29.1 Å². The van der Waals surface area contributed by atoms with Crippen LogP contribution in [0.5, 0.6) is 11.5 Å². The minimum Gasteiger partial charge on any atom is -0.507 e. The van der Waals surface area contributed by atoms with E-state index in [1.165, 1.54) is 11.2 Å². The predicted octanol–water partition coefficient (Wildman–Crippen LogP) is 4.27. The summed E-state index contributed by atoms with van der Waals surface area (Å²) in [6.07, 6.45) is 2.01. The van der Waals surface area contributed by atoms with Crippen LogP contribution in [-0.2, 0) is 16.0 Å². The number of aryl methyl sites for hydroxylation is 1. The third-order valence-electron chi connectivity index (χ3n) is 5.82. The minimum atomic E-state index is -0.819. The van der Waals surface area contributed by atoms with Crippen LogP contribution in [0.4, 0.5) is 0 Å². The van der Waals surface area contributed by atoms with Crippen molar-refractivity contribution in [2.75, 3.05) is 20.8 Å². The molecule has 0 bridgehead atoms. The zero-order chi connectivity index (χ0) is 23.5.